The highest BCUT2D eigenvalue weighted by Gasteiger charge is 2.16. The summed E-state index contributed by atoms with van der Waals surface area (Å²) in [6, 6.07) is 4.81. The van der Waals surface area contributed by atoms with Crippen LogP contribution in [0.15, 0.2) is 23.1 Å². The van der Waals surface area contributed by atoms with E-state index < -0.39 is 21.7 Å². The molecular weight excluding hydrogens is 306 g/mol. The summed E-state index contributed by atoms with van der Waals surface area (Å²) < 4.78 is 28.0. The van der Waals surface area contributed by atoms with Crippen molar-refractivity contribution < 1.29 is 17.9 Å². The Morgan fingerprint density at radius 3 is 2.45 bits per heavy atom. The lowest BCUT2D eigenvalue weighted by Gasteiger charge is -2.20. The standard InChI is InChI=1S/C14H23N3O4S/c1-10-11(6-5-7-12(10)22(15,19)20)16-8-9-17-13(18)21-14(2,3)4/h5-7,16H,8-9H2,1-4H3,(H,17,18)(H2,15,19,20). The van der Waals surface area contributed by atoms with Gasteiger partial charge >= 0.3 is 6.09 Å². The quantitative estimate of drug-likeness (QED) is 0.710. The van der Waals surface area contributed by atoms with Crippen molar-refractivity contribution >= 4 is 21.8 Å². The topological polar surface area (TPSA) is 111 Å². The molecule has 0 aromatic heterocycles. The molecule has 0 atom stereocenters. The van der Waals surface area contributed by atoms with Gasteiger partial charge in [-0.25, -0.2) is 18.4 Å². The van der Waals surface area contributed by atoms with E-state index in [1.54, 1.807) is 39.8 Å². The van der Waals surface area contributed by atoms with E-state index >= 15 is 0 Å². The maximum Gasteiger partial charge on any atom is 0.407 e. The molecule has 0 heterocycles. The highest BCUT2D eigenvalue weighted by Crippen LogP contribution is 2.21. The fourth-order valence-electron chi connectivity index (χ4n) is 1.79. The van der Waals surface area contributed by atoms with Gasteiger partial charge in [-0.1, -0.05) is 6.07 Å². The zero-order valence-corrected chi connectivity index (χ0v) is 14.1. The van der Waals surface area contributed by atoms with Crippen LogP contribution >= 0.6 is 0 Å². The average molecular weight is 329 g/mol. The number of anilines is 1. The van der Waals surface area contributed by atoms with Gasteiger partial charge in [-0.2, -0.15) is 0 Å². The lowest BCUT2D eigenvalue weighted by Crippen LogP contribution is -2.35. The molecule has 1 amide bonds. The minimum atomic E-state index is -3.75. The minimum Gasteiger partial charge on any atom is -0.444 e. The Kier molecular flexibility index (Phi) is 5.78. The van der Waals surface area contributed by atoms with Crippen molar-refractivity contribution in [2.75, 3.05) is 18.4 Å². The smallest absolute Gasteiger partial charge is 0.407 e. The largest absolute Gasteiger partial charge is 0.444 e. The highest BCUT2D eigenvalue weighted by molar-refractivity contribution is 7.89. The van der Waals surface area contributed by atoms with E-state index in [2.05, 4.69) is 10.6 Å². The molecule has 22 heavy (non-hydrogen) atoms. The lowest BCUT2D eigenvalue weighted by atomic mass is 10.2. The normalized spacial score (nSPS) is 11.9. The molecule has 7 nitrogen and oxygen atoms in total. The zero-order valence-electron chi connectivity index (χ0n) is 13.3. The molecule has 124 valence electrons. The van der Waals surface area contributed by atoms with Crippen LogP contribution in [0.5, 0.6) is 0 Å². The van der Waals surface area contributed by atoms with Gasteiger partial charge in [0.25, 0.3) is 0 Å². The summed E-state index contributed by atoms with van der Waals surface area (Å²) in [5, 5.41) is 10.8. The van der Waals surface area contributed by atoms with Crippen LogP contribution in [0.4, 0.5) is 10.5 Å². The second kappa shape index (κ2) is 6.97. The first kappa shape index (κ1) is 18.2. The maximum atomic E-state index is 11.5. The van der Waals surface area contributed by atoms with Crippen LogP contribution in [0, 0.1) is 6.92 Å². The van der Waals surface area contributed by atoms with Crippen molar-refractivity contribution in [3.63, 3.8) is 0 Å². The Labute approximate surface area is 131 Å². The number of primary sulfonamides is 1. The molecule has 0 unspecified atom stereocenters. The number of hydrogen-bond donors (Lipinski definition) is 3. The van der Waals surface area contributed by atoms with Gasteiger partial charge in [0.1, 0.15) is 5.60 Å². The van der Waals surface area contributed by atoms with Crippen LogP contribution in [-0.4, -0.2) is 33.2 Å². The van der Waals surface area contributed by atoms with Crippen LogP contribution in [-0.2, 0) is 14.8 Å². The third-order valence-electron chi connectivity index (χ3n) is 2.70. The van der Waals surface area contributed by atoms with E-state index in [1.165, 1.54) is 6.07 Å². The SMILES string of the molecule is Cc1c(NCCNC(=O)OC(C)(C)C)cccc1S(N)(=O)=O. The summed E-state index contributed by atoms with van der Waals surface area (Å²) in [5.74, 6) is 0. The van der Waals surface area contributed by atoms with Gasteiger partial charge < -0.3 is 15.4 Å². The van der Waals surface area contributed by atoms with Crippen LogP contribution in [0.3, 0.4) is 0 Å². The molecule has 0 aliphatic rings. The summed E-state index contributed by atoms with van der Waals surface area (Å²) in [6.45, 7) is 7.79. The van der Waals surface area contributed by atoms with Crippen molar-refractivity contribution in [2.24, 2.45) is 5.14 Å². The van der Waals surface area contributed by atoms with Crippen molar-refractivity contribution in [2.45, 2.75) is 38.2 Å². The highest BCUT2D eigenvalue weighted by atomic mass is 32.2. The number of carbonyl (C=O) groups is 1. The van der Waals surface area contributed by atoms with Crippen LogP contribution in [0.25, 0.3) is 0 Å². The number of nitrogens with two attached hydrogens (primary N) is 1. The molecule has 0 fully saturated rings. The third-order valence-corrected chi connectivity index (χ3v) is 3.75. The van der Waals surface area contributed by atoms with Gasteiger partial charge in [0, 0.05) is 18.8 Å². The minimum absolute atomic E-state index is 0.0811. The van der Waals surface area contributed by atoms with E-state index in [-0.39, 0.29) is 4.90 Å². The number of alkyl carbamates (subject to hydrolysis) is 1. The Bertz CT molecular complexity index is 636. The number of rotatable bonds is 5. The molecule has 1 rings (SSSR count). The fourth-order valence-corrected chi connectivity index (χ4v) is 2.60. The monoisotopic (exact) mass is 329 g/mol. The number of carbonyl (C=O) groups excluding carboxylic acids is 1. The molecule has 1 aromatic rings. The number of sulfonamides is 1. The van der Waals surface area contributed by atoms with Gasteiger partial charge in [-0.05, 0) is 45.4 Å². The van der Waals surface area contributed by atoms with E-state index in [4.69, 9.17) is 9.88 Å². The predicted octanol–water partition coefficient (Wildman–Crippen LogP) is 1.58. The maximum absolute atomic E-state index is 11.5. The van der Waals surface area contributed by atoms with Gasteiger partial charge in [0.2, 0.25) is 10.0 Å². The van der Waals surface area contributed by atoms with E-state index in [0.717, 1.165) is 0 Å². The average Bonchev–Trinajstić information content (AvgIpc) is 2.32. The number of ether oxygens (including phenoxy) is 1. The molecule has 1 aromatic carbocycles. The second-order valence-corrected chi connectivity index (χ2v) is 7.36. The van der Waals surface area contributed by atoms with E-state index in [0.29, 0.717) is 24.3 Å². The van der Waals surface area contributed by atoms with Crippen LogP contribution in [0.2, 0.25) is 0 Å². The van der Waals surface area contributed by atoms with Crippen LogP contribution < -0.4 is 15.8 Å². The summed E-state index contributed by atoms with van der Waals surface area (Å²) in [5.41, 5.74) is 0.651. The number of amides is 1. The Balaban J connectivity index is 2.55. The Hall–Kier alpha value is -1.80. The molecular formula is C14H23N3O4S. The summed E-state index contributed by atoms with van der Waals surface area (Å²) in [7, 11) is -3.75. The molecule has 4 N–H and O–H groups in total. The molecule has 0 aliphatic carbocycles. The van der Waals surface area contributed by atoms with Crippen molar-refractivity contribution in [1.29, 1.82) is 0 Å². The van der Waals surface area contributed by atoms with E-state index in [9.17, 15) is 13.2 Å². The third kappa shape index (κ3) is 5.90. The molecule has 0 aliphatic heterocycles. The number of nitrogens with one attached hydrogen (secondary N) is 2. The predicted molar refractivity (Wildman–Crippen MR) is 85.3 cm³/mol. The summed E-state index contributed by atoms with van der Waals surface area (Å²) >= 11 is 0. The first-order valence-electron chi connectivity index (χ1n) is 6.84. The fraction of sp³-hybridized carbons (Fsp3) is 0.500. The molecule has 0 bridgehead atoms. The van der Waals surface area contributed by atoms with Gasteiger partial charge in [-0.3, -0.25) is 0 Å². The van der Waals surface area contributed by atoms with E-state index in [1.807, 2.05) is 0 Å². The number of hydrogen-bond acceptors (Lipinski definition) is 5. The number of benzene rings is 1. The Morgan fingerprint density at radius 1 is 1.27 bits per heavy atom. The zero-order chi connectivity index (χ0) is 17.0. The van der Waals surface area contributed by atoms with Gasteiger partial charge in [0.15, 0.2) is 0 Å². The summed E-state index contributed by atoms with van der Waals surface area (Å²) in [6.07, 6.45) is -0.496. The summed E-state index contributed by atoms with van der Waals surface area (Å²) in [4.78, 5) is 11.5. The molecule has 8 heteroatoms. The lowest BCUT2D eigenvalue weighted by molar-refractivity contribution is 0.0530. The van der Waals surface area contributed by atoms with Crippen molar-refractivity contribution in [1.82, 2.24) is 5.32 Å². The first-order valence-corrected chi connectivity index (χ1v) is 8.38. The second-order valence-electron chi connectivity index (χ2n) is 5.83. The molecule has 0 spiro atoms. The van der Waals surface area contributed by atoms with Crippen molar-refractivity contribution in [3.8, 4) is 0 Å². The molecule has 0 radical (unpaired) electrons. The molecule has 0 saturated heterocycles. The Morgan fingerprint density at radius 2 is 1.91 bits per heavy atom. The van der Waals surface area contributed by atoms with Crippen molar-refractivity contribution in [3.05, 3.63) is 23.8 Å². The van der Waals surface area contributed by atoms with Crippen LogP contribution in [0.1, 0.15) is 26.3 Å². The first-order chi connectivity index (χ1) is 10.0. The van der Waals surface area contributed by atoms with Gasteiger partial charge in [-0.15, -0.1) is 0 Å². The molecule has 0 saturated carbocycles. The van der Waals surface area contributed by atoms with Gasteiger partial charge in [0.05, 0.1) is 4.90 Å².